The summed E-state index contributed by atoms with van der Waals surface area (Å²) in [5.41, 5.74) is 0.383. The van der Waals surface area contributed by atoms with Crippen LogP contribution in [0.15, 0.2) is 28.8 Å². The van der Waals surface area contributed by atoms with Gasteiger partial charge in [-0.15, -0.1) is 0 Å². The van der Waals surface area contributed by atoms with Gasteiger partial charge in [0.05, 0.1) is 11.5 Å². The number of aromatic nitrogens is 2. The number of aliphatic carboxylic acids is 1. The predicted molar refractivity (Wildman–Crippen MR) is 93.1 cm³/mol. The average molecular weight is 371 g/mol. The summed E-state index contributed by atoms with van der Waals surface area (Å²) < 4.78 is 10.7. The number of hydrogen-bond acceptors (Lipinski definition) is 6. The molecule has 142 valence electrons. The number of carboxylic acid groups (broad SMARTS) is 1. The maximum atomic E-state index is 13.0. The summed E-state index contributed by atoms with van der Waals surface area (Å²) >= 11 is 0. The molecule has 2 aromatic rings. The Morgan fingerprint density at radius 2 is 2.07 bits per heavy atom. The molecule has 8 heteroatoms. The van der Waals surface area contributed by atoms with E-state index in [2.05, 4.69) is 10.1 Å². The number of para-hydroxylation sites is 1. The standard InChI is InChI=1S/C19H21N3O5/c1-12-20-16(21-27-12)11-26-15-5-3-2-4-13(15)17(23)22-8-6-19(7-9-22)10-14(19)18(24)25/h2-5,14H,6-11H2,1H3,(H,24,25). The number of hydrogen-bond donors (Lipinski definition) is 1. The van der Waals surface area contributed by atoms with Gasteiger partial charge in [-0.25, -0.2) is 0 Å². The second-order valence-electron chi connectivity index (χ2n) is 7.26. The summed E-state index contributed by atoms with van der Waals surface area (Å²) in [6.07, 6.45) is 2.20. The Morgan fingerprint density at radius 1 is 1.33 bits per heavy atom. The van der Waals surface area contributed by atoms with E-state index in [1.165, 1.54) is 0 Å². The number of carboxylic acids is 1. The van der Waals surface area contributed by atoms with Crippen LogP contribution < -0.4 is 4.74 Å². The molecule has 4 rings (SSSR count). The number of benzene rings is 1. The zero-order valence-corrected chi connectivity index (χ0v) is 15.1. The quantitative estimate of drug-likeness (QED) is 0.859. The van der Waals surface area contributed by atoms with E-state index in [4.69, 9.17) is 9.26 Å². The van der Waals surface area contributed by atoms with Crippen LogP contribution in [0.1, 0.15) is 41.3 Å². The minimum atomic E-state index is -0.717. The molecule has 1 atom stereocenters. The first-order valence-electron chi connectivity index (χ1n) is 9.02. The highest BCUT2D eigenvalue weighted by atomic mass is 16.5. The van der Waals surface area contributed by atoms with E-state index in [9.17, 15) is 14.7 Å². The van der Waals surface area contributed by atoms with Crippen molar-refractivity contribution in [2.45, 2.75) is 32.8 Å². The molecule has 1 aromatic heterocycles. The van der Waals surface area contributed by atoms with Crippen molar-refractivity contribution in [1.82, 2.24) is 15.0 Å². The fourth-order valence-electron chi connectivity index (χ4n) is 3.89. The summed E-state index contributed by atoms with van der Waals surface area (Å²) in [7, 11) is 0. The molecule has 1 saturated carbocycles. The number of nitrogens with zero attached hydrogens (tertiary/aromatic N) is 3. The van der Waals surface area contributed by atoms with E-state index in [0.717, 1.165) is 19.3 Å². The van der Waals surface area contributed by atoms with E-state index in [1.54, 1.807) is 36.1 Å². The van der Waals surface area contributed by atoms with Crippen molar-refractivity contribution in [2.24, 2.45) is 11.3 Å². The summed E-state index contributed by atoms with van der Waals surface area (Å²) in [6.45, 7) is 2.96. The number of likely N-dealkylation sites (tertiary alicyclic amines) is 1. The van der Waals surface area contributed by atoms with Crippen molar-refractivity contribution in [3.8, 4) is 5.75 Å². The molecule has 1 N–H and O–H groups in total. The average Bonchev–Trinajstić information content (AvgIpc) is 3.21. The minimum absolute atomic E-state index is 0.0998. The minimum Gasteiger partial charge on any atom is -0.485 e. The molecule has 1 saturated heterocycles. The molecule has 0 bridgehead atoms. The zero-order chi connectivity index (χ0) is 19.0. The number of carbonyl (C=O) groups is 2. The molecule has 1 spiro atoms. The van der Waals surface area contributed by atoms with Gasteiger partial charge in [0.25, 0.3) is 5.91 Å². The number of rotatable bonds is 5. The van der Waals surface area contributed by atoms with Crippen LogP contribution in [0.2, 0.25) is 0 Å². The first-order chi connectivity index (χ1) is 13.0. The van der Waals surface area contributed by atoms with Crippen LogP contribution in [0.25, 0.3) is 0 Å². The maximum Gasteiger partial charge on any atom is 0.307 e. The van der Waals surface area contributed by atoms with Gasteiger partial charge in [0.15, 0.2) is 6.61 Å². The van der Waals surface area contributed by atoms with Crippen molar-refractivity contribution in [1.29, 1.82) is 0 Å². The molecule has 2 heterocycles. The first-order valence-corrected chi connectivity index (χ1v) is 9.02. The van der Waals surface area contributed by atoms with Crippen LogP contribution in [0, 0.1) is 18.3 Å². The molecule has 1 unspecified atom stereocenters. The Labute approximate surface area is 156 Å². The number of aryl methyl sites for hydroxylation is 1. The molecule has 8 nitrogen and oxygen atoms in total. The van der Waals surface area contributed by atoms with E-state index in [-0.39, 0.29) is 23.8 Å². The van der Waals surface area contributed by atoms with Gasteiger partial charge in [0.1, 0.15) is 5.75 Å². The Kier molecular flexibility index (Phi) is 4.33. The highest BCUT2D eigenvalue weighted by molar-refractivity contribution is 5.97. The van der Waals surface area contributed by atoms with Gasteiger partial charge in [0.2, 0.25) is 11.7 Å². The first kappa shape index (κ1) is 17.5. The van der Waals surface area contributed by atoms with Crippen molar-refractivity contribution in [3.05, 3.63) is 41.5 Å². The lowest BCUT2D eigenvalue weighted by Gasteiger charge is -2.33. The molecule has 2 aliphatic rings. The van der Waals surface area contributed by atoms with Crippen molar-refractivity contribution < 1.29 is 24.0 Å². The van der Waals surface area contributed by atoms with Gasteiger partial charge in [-0.3, -0.25) is 9.59 Å². The lowest BCUT2D eigenvalue weighted by Crippen LogP contribution is -2.40. The molecule has 1 amide bonds. The maximum absolute atomic E-state index is 13.0. The SMILES string of the molecule is Cc1nc(COc2ccccc2C(=O)N2CCC3(CC2)CC3C(=O)O)no1. The molecule has 1 aliphatic heterocycles. The topological polar surface area (TPSA) is 106 Å². The molecule has 1 aliphatic carbocycles. The lowest BCUT2D eigenvalue weighted by atomic mass is 9.90. The molecule has 27 heavy (non-hydrogen) atoms. The third kappa shape index (κ3) is 3.39. The smallest absolute Gasteiger partial charge is 0.307 e. The van der Waals surface area contributed by atoms with Gasteiger partial charge >= 0.3 is 5.97 Å². The van der Waals surface area contributed by atoms with Gasteiger partial charge in [-0.1, -0.05) is 17.3 Å². The van der Waals surface area contributed by atoms with Crippen LogP contribution in [0.4, 0.5) is 0 Å². The van der Waals surface area contributed by atoms with Crippen molar-refractivity contribution >= 4 is 11.9 Å². The van der Waals surface area contributed by atoms with Crippen LogP contribution in [0.3, 0.4) is 0 Å². The normalized spacial score (nSPS) is 20.5. The Hall–Kier alpha value is -2.90. The van der Waals surface area contributed by atoms with E-state index in [1.807, 2.05) is 0 Å². The number of carbonyl (C=O) groups excluding carboxylic acids is 1. The van der Waals surface area contributed by atoms with E-state index < -0.39 is 5.97 Å². The molecule has 0 radical (unpaired) electrons. The number of amides is 1. The van der Waals surface area contributed by atoms with Crippen LogP contribution in [-0.2, 0) is 11.4 Å². The second-order valence-corrected chi connectivity index (χ2v) is 7.26. The highest BCUT2D eigenvalue weighted by Crippen LogP contribution is 2.59. The number of ether oxygens (including phenoxy) is 1. The van der Waals surface area contributed by atoms with Crippen molar-refractivity contribution in [2.75, 3.05) is 13.1 Å². The third-order valence-electron chi connectivity index (χ3n) is 5.58. The monoisotopic (exact) mass is 371 g/mol. The van der Waals surface area contributed by atoms with E-state index in [0.29, 0.717) is 36.1 Å². The Balaban J connectivity index is 1.41. The summed E-state index contributed by atoms with van der Waals surface area (Å²) in [4.78, 5) is 30.0. The van der Waals surface area contributed by atoms with Gasteiger partial charge in [0, 0.05) is 20.0 Å². The van der Waals surface area contributed by atoms with Gasteiger partial charge in [-0.2, -0.15) is 4.98 Å². The summed E-state index contributed by atoms with van der Waals surface area (Å²) in [6, 6.07) is 7.08. The molecular weight excluding hydrogens is 350 g/mol. The van der Waals surface area contributed by atoms with Crippen LogP contribution in [0.5, 0.6) is 5.75 Å². The highest BCUT2D eigenvalue weighted by Gasteiger charge is 2.59. The lowest BCUT2D eigenvalue weighted by molar-refractivity contribution is -0.139. The van der Waals surface area contributed by atoms with Gasteiger partial charge < -0.3 is 19.3 Å². The molecule has 2 fully saturated rings. The predicted octanol–water partition coefficient (Wildman–Crippen LogP) is 2.28. The van der Waals surface area contributed by atoms with Crippen LogP contribution in [-0.4, -0.2) is 45.1 Å². The van der Waals surface area contributed by atoms with Crippen molar-refractivity contribution in [3.63, 3.8) is 0 Å². The fraction of sp³-hybridized carbons (Fsp3) is 0.474. The largest absolute Gasteiger partial charge is 0.485 e. The fourth-order valence-corrected chi connectivity index (χ4v) is 3.89. The summed E-state index contributed by atoms with van der Waals surface area (Å²) in [5, 5.41) is 13.0. The molecular formula is C19H21N3O5. The molecule has 1 aromatic carbocycles. The third-order valence-corrected chi connectivity index (χ3v) is 5.58. The van der Waals surface area contributed by atoms with Crippen LogP contribution >= 0.6 is 0 Å². The summed E-state index contributed by atoms with van der Waals surface area (Å²) in [5.74, 6) is 0.286. The van der Waals surface area contributed by atoms with Gasteiger partial charge in [-0.05, 0) is 36.8 Å². The zero-order valence-electron chi connectivity index (χ0n) is 15.1. The second kappa shape index (κ2) is 6.68. The Morgan fingerprint density at radius 3 is 2.70 bits per heavy atom. The Bertz CT molecular complexity index is 870. The van der Waals surface area contributed by atoms with E-state index >= 15 is 0 Å². The number of piperidine rings is 1.